The number of hydrogen-bond donors (Lipinski definition) is 1. The zero-order valence-electron chi connectivity index (χ0n) is 12.5. The summed E-state index contributed by atoms with van der Waals surface area (Å²) in [4.78, 5) is 13.9. The largest absolute Gasteiger partial charge is 0.373 e. The van der Waals surface area contributed by atoms with Crippen molar-refractivity contribution in [2.24, 2.45) is 0 Å². The summed E-state index contributed by atoms with van der Waals surface area (Å²) >= 11 is 0. The first kappa shape index (κ1) is 15.7. The molecule has 0 fully saturated rings. The van der Waals surface area contributed by atoms with Gasteiger partial charge in [-0.1, -0.05) is 13.3 Å². The summed E-state index contributed by atoms with van der Waals surface area (Å²) in [6.07, 6.45) is 4.08. The molecule has 1 heterocycles. The van der Waals surface area contributed by atoms with Gasteiger partial charge in [-0.3, -0.25) is 4.79 Å². The first-order valence-corrected chi connectivity index (χ1v) is 7.10. The Hall–Kier alpha value is -1.36. The van der Waals surface area contributed by atoms with Crippen molar-refractivity contribution >= 4 is 5.69 Å². The van der Waals surface area contributed by atoms with E-state index >= 15 is 0 Å². The summed E-state index contributed by atoms with van der Waals surface area (Å²) in [5.74, 6) is 0. The average Bonchev–Trinajstić information content (AvgIpc) is 2.40. The summed E-state index contributed by atoms with van der Waals surface area (Å²) in [5.41, 5.74) is 0.832. The first-order chi connectivity index (χ1) is 9.08. The molecule has 0 bridgehead atoms. The number of nitrogens with zero attached hydrogens (tertiary/aromatic N) is 3. The molecule has 5 heteroatoms. The van der Waals surface area contributed by atoms with Gasteiger partial charge in [0.2, 0.25) is 0 Å². The van der Waals surface area contributed by atoms with Crippen LogP contribution in [-0.2, 0) is 6.54 Å². The third-order valence-electron chi connectivity index (χ3n) is 3.31. The third kappa shape index (κ3) is 5.03. The van der Waals surface area contributed by atoms with E-state index in [4.69, 9.17) is 0 Å². The molecule has 0 saturated carbocycles. The van der Waals surface area contributed by atoms with Crippen molar-refractivity contribution in [1.82, 2.24) is 15.1 Å². The second-order valence-corrected chi connectivity index (χ2v) is 4.93. The van der Waals surface area contributed by atoms with Crippen LogP contribution in [0.25, 0.3) is 0 Å². The van der Waals surface area contributed by atoms with Crippen LogP contribution >= 0.6 is 0 Å². The van der Waals surface area contributed by atoms with Crippen LogP contribution in [0.1, 0.15) is 33.6 Å². The zero-order chi connectivity index (χ0) is 14.3. The van der Waals surface area contributed by atoms with Gasteiger partial charge in [0.1, 0.15) is 0 Å². The van der Waals surface area contributed by atoms with E-state index in [-0.39, 0.29) is 5.56 Å². The van der Waals surface area contributed by atoms with E-state index in [1.807, 2.05) is 18.9 Å². The van der Waals surface area contributed by atoms with Crippen LogP contribution < -0.4 is 15.8 Å². The molecule has 0 aliphatic rings. The highest BCUT2D eigenvalue weighted by atomic mass is 16.1. The van der Waals surface area contributed by atoms with Crippen molar-refractivity contribution < 1.29 is 0 Å². The zero-order valence-corrected chi connectivity index (χ0v) is 12.5. The van der Waals surface area contributed by atoms with Gasteiger partial charge in [0, 0.05) is 32.2 Å². The smallest absolute Gasteiger partial charge is 0.268 e. The van der Waals surface area contributed by atoms with Crippen LogP contribution in [0.2, 0.25) is 0 Å². The highest BCUT2D eigenvalue weighted by molar-refractivity contribution is 5.41. The van der Waals surface area contributed by atoms with Gasteiger partial charge >= 0.3 is 0 Å². The monoisotopic (exact) mass is 266 g/mol. The minimum Gasteiger partial charge on any atom is -0.373 e. The topological polar surface area (TPSA) is 50.2 Å². The van der Waals surface area contributed by atoms with E-state index in [0.717, 1.165) is 25.2 Å². The van der Waals surface area contributed by atoms with Gasteiger partial charge in [0.25, 0.3) is 5.56 Å². The maximum Gasteiger partial charge on any atom is 0.268 e. The summed E-state index contributed by atoms with van der Waals surface area (Å²) in [5, 5.41) is 7.61. The molecule has 0 aromatic carbocycles. The summed E-state index contributed by atoms with van der Waals surface area (Å²) in [6.45, 7) is 8.64. The quantitative estimate of drug-likeness (QED) is 0.774. The van der Waals surface area contributed by atoms with Crippen molar-refractivity contribution in [3.05, 3.63) is 22.6 Å². The molecule has 108 valence electrons. The van der Waals surface area contributed by atoms with Crippen molar-refractivity contribution in [3.8, 4) is 0 Å². The van der Waals surface area contributed by atoms with Crippen molar-refractivity contribution in [2.75, 3.05) is 25.0 Å². The van der Waals surface area contributed by atoms with Crippen molar-refractivity contribution in [2.45, 2.75) is 46.2 Å². The molecule has 1 aromatic rings. The second-order valence-electron chi connectivity index (χ2n) is 4.93. The molecule has 0 amide bonds. The van der Waals surface area contributed by atoms with Crippen LogP contribution in [0, 0.1) is 0 Å². The van der Waals surface area contributed by atoms with E-state index < -0.39 is 0 Å². The Bertz CT molecular complexity index is 430. The molecule has 1 unspecified atom stereocenters. The normalized spacial score (nSPS) is 12.4. The lowest BCUT2D eigenvalue weighted by Crippen LogP contribution is -2.33. The number of aromatic nitrogens is 2. The number of anilines is 1. The Morgan fingerprint density at radius 1 is 1.47 bits per heavy atom. The third-order valence-corrected chi connectivity index (χ3v) is 3.31. The van der Waals surface area contributed by atoms with Gasteiger partial charge in [-0.05, 0) is 20.3 Å². The Labute approximate surface area is 115 Å². The molecule has 0 aliphatic heterocycles. The Kier molecular flexibility index (Phi) is 6.56. The highest BCUT2D eigenvalue weighted by Gasteiger charge is 2.04. The lowest BCUT2D eigenvalue weighted by atomic mass is 10.2. The van der Waals surface area contributed by atoms with E-state index in [2.05, 4.69) is 24.3 Å². The fourth-order valence-electron chi connectivity index (χ4n) is 1.94. The fraction of sp³-hybridized carbons (Fsp3) is 0.714. The molecule has 5 nitrogen and oxygen atoms in total. The summed E-state index contributed by atoms with van der Waals surface area (Å²) < 4.78 is 1.51. The first-order valence-electron chi connectivity index (χ1n) is 7.10. The van der Waals surface area contributed by atoms with E-state index in [1.54, 1.807) is 12.3 Å². The van der Waals surface area contributed by atoms with Crippen molar-refractivity contribution in [3.63, 3.8) is 0 Å². The van der Waals surface area contributed by atoms with E-state index in [1.165, 1.54) is 11.1 Å². The maximum atomic E-state index is 11.9. The maximum absolute atomic E-state index is 11.9. The fourth-order valence-corrected chi connectivity index (χ4v) is 1.94. The molecule has 0 radical (unpaired) electrons. The second kappa shape index (κ2) is 7.94. The SMILES string of the molecule is CCCC(C)NCCn1ncc(N(C)CC)cc1=O. The van der Waals surface area contributed by atoms with Crippen LogP contribution in [0.3, 0.4) is 0 Å². The van der Waals surface area contributed by atoms with Crippen LogP contribution in [0.15, 0.2) is 17.1 Å². The predicted octanol–water partition coefficient (Wildman–Crippen LogP) is 1.48. The molecule has 1 atom stereocenters. The molecular weight excluding hydrogens is 240 g/mol. The number of nitrogens with one attached hydrogen (secondary N) is 1. The standard InChI is InChI=1S/C14H26N4O/c1-5-7-12(3)15-8-9-18-14(19)10-13(11-16-18)17(4)6-2/h10-12,15H,5-9H2,1-4H3. The number of hydrogen-bond acceptors (Lipinski definition) is 4. The van der Waals surface area contributed by atoms with E-state index in [0.29, 0.717) is 12.6 Å². The Morgan fingerprint density at radius 2 is 2.21 bits per heavy atom. The van der Waals surface area contributed by atoms with Gasteiger partial charge < -0.3 is 10.2 Å². The molecule has 1 rings (SSSR count). The molecule has 0 aliphatic carbocycles. The average molecular weight is 266 g/mol. The summed E-state index contributed by atoms with van der Waals surface area (Å²) in [7, 11) is 1.95. The minimum absolute atomic E-state index is 0.0391. The van der Waals surface area contributed by atoms with Crippen LogP contribution in [0.4, 0.5) is 5.69 Å². The predicted molar refractivity (Wildman–Crippen MR) is 79.8 cm³/mol. The van der Waals surface area contributed by atoms with Crippen LogP contribution in [0.5, 0.6) is 0 Å². The number of rotatable bonds is 8. The minimum atomic E-state index is -0.0391. The molecule has 19 heavy (non-hydrogen) atoms. The molecule has 1 aromatic heterocycles. The lowest BCUT2D eigenvalue weighted by molar-refractivity contribution is 0.463. The van der Waals surface area contributed by atoms with Gasteiger partial charge in [0.15, 0.2) is 0 Å². The lowest BCUT2D eigenvalue weighted by Gasteiger charge is -2.17. The van der Waals surface area contributed by atoms with Crippen LogP contribution in [-0.4, -0.2) is 36.0 Å². The highest BCUT2D eigenvalue weighted by Crippen LogP contribution is 2.05. The Morgan fingerprint density at radius 3 is 2.79 bits per heavy atom. The summed E-state index contributed by atoms with van der Waals surface area (Å²) in [6, 6.07) is 2.14. The molecule has 0 spiro atoms. The van der Waals surface area contributed by atoms with E-state index in [9.17, 15) is 4.79 Å². The molecular formula is C14H26N4O. The van der Waals surface area contributed by atoms with Gasteiger partial charge in [-0.2, -0.15) is 5.10 Å². The van der Waals surface area contributed by atoms with Gasteiger partial charge in [-0.25, -0.2) is 4.68 Å². The molecule has 1 N–H and O–H groups in total. The Balaban J connectivity index is 2.53. The molecule has 0 saturated heterocycles. The van der Waals surface area contributed by atoms with Gasteiger partial charge in [-0.15, -0.1) is 0 Å². The van der Waals surface area contributed by atoms with Crippen molar-refractivity contribution in [1.29, 1.82) is 0 Å². The van der Waals surface area contributed by atoms with Gasteiger partial charge in [0.05, 0.1) is 18.4 Å².